The number of fused-ring (bicyclic) bond motifs is 1. The molecule has 1 unspecified atom stereocenters. The maximum absolute atomic E-state index is 11.6. The van der Waals surface area contributed by atoms with E-state index in [0.717, 1.165) is 17.8 Å². The van der Waals surface area contributed by atoms with Crippen LogP contribution in [0.1, 0.15) is 5.56 Å². The fraction of sp³-hybridized carbons (Fsp3) is 0.167. The predicted octanol–water partition coefficient (Wildman–Crippen LogP) is 3.71. The second kappa shape index (κ2) is 6.24. The van der Waals surface area contributed by atoms with E-state index >= 15 is 0 Å². The largest absolute Gasteiger partial charge is 0.348 e. The SMILES string of the molecule is C=CC(=O)NC1Cc2ccccc2N(c2cccc(Cl)c2)C1. The molecule has 0 spiro atoms. The topological polar surface area (TPSA) is 32.3 Å². The van der Waals surface area contributed by atoms with Crippen LogP contribution in [0, 0.1) is 0 Å². The van der Waals surface area contributed by atoms with E-state index in [1.54, 1.807) is 0 Å². The minimum Gasteiger partial charge on any atom is -0.348 e. The zero-order valence-corrected chi connectivity index (χ0v) is 12.9. The molecule has 2 aromatic carbocycles. The van der Waals surface area contributed by atoms with Crippen LogP contribution in [0.3, 0.4) is 0 Å². The Morgan fingerprint density at radius 2 is 2.09 bits per heavy atom. The lowest BCUT2D eigenvalue weighted by molar-refractivity contribution is -0.117. The summed E-state index contributed by atoms with van der Waals surface area (Å²) in [5.74, 6) is -0.143. The van der Waals surface area contributed by atoms with E-state index < -0.39 is 0 Å². The van der Waals surface area contributed by atoms with Crippen molar-refractivity contribution in [3.05, 3.63) is 71.8 Å². The van der Waals surface area contributed by atoms with Crippen molar-refractivity contribution < 1.29 is 4.79 Å². The van der Waals surface area contributed by atoms with Gasteiger partial charge in [-0.15, -0.1) is 0 Å². The number of anilines is 2. The Labute approximate surface area is 135 Å². The number of nitrogens with one attached hydrogen (secondary N) is 1. The molecule has 2 aromatic rings. The summed E-state index contributed by atoms with van der Waals surface area (Å²) in [4.78, 5) is 13.8. The molecular formula is C18H17ClN2O. The van der Waals surface area contributed by atoms with Gasteiger partial charge in [0.05, 0.1) is 6.04 Å². The van der Waals surface area contributed by atoms with Crippen LogP contribution >= 0.6 is 11.6 Å². The van der Waals surface area contributed by atoms with Crippen molar-refractivity contribution >= 4 is 28.9 Å². The summed E-state index contributed by atoms with van der Waals surface area (Å²) in [6, 6.07) is 16.0. The van der Waals surface area contributed by atoms with Gasteiger partial charge >= 0.3 is 0 Å². The van der Waals surface area contributed by atoms with E-state index in [2.05, 4.69) is 28.9 Å². The third kappa shape index (κ3) is 3.00. The zero-order valence-electron chi connectivity index (χ0n) is 12.1. The van der Waals surface area contributed by atoms with Crippen LogP contribution in [0.4, 0.5) is 11.4 Å². The average Bonchev–Trinajstić information content (AvgIpc) is 2.54. The van der Waals surface area contributed by atoms with Gasteiger partial charge in [0.1, 0.15) is 0 Å². The molecule has 0 fully saturated rings. The molecule has 0 bridgehead atoms. The first kappa shape index (κ1) is 14.7. The molecule has 1 aliphatic heterocycles. The number of rotatable bonds is 3. The minimum atomic E-state index is -0.143. The number of carbonyl (C=O) groups excluding carboxylic acids is 1. The Hall–Kier alpha value is -2.26. The van der Waals surface area contributed by atoms with Gasteiger partial charge in [-0.1, -0.05) is 42.4 Å². The van der Waals surface area contributed by atoms with Crippen LogP contribution in [0.5, 0.6) is 0 Å². The number of hydrogen-bond donors (Lipinski definition) is 1. The van der Waals surface area contributed by atoms with Crippen LogP contribution in [-0.4, -0.2) is 18.5 Å². The molecule has 1 N–H and O–H groups in total. The molecule has 0 aliphatic carbocycles. The number of carbonyl (C=O) groups is 1. The van der Waals surface area contributed by atoms with Gasteiger partial charge in [0.25, 0.3) is 0 Å². The van der Waals surface area contributed by atoms with Gasteiger partial charge in [0, 0.05) is 22.9 Å². The number of hydrogen-bond acceptors (Lipinski definition) is 2. The molecular weight excluding hydrogens is 296 g/mol. The summed E-state index contributed by atoms with van der Waals surface area (Å²) in [5, 5.41) is 3.69. The van der Waals surface area contributed by atoms with Crippen molar-refractivity contribution in [3.8, 4) is 0 Å². The lowest BCUT2D eigenvalue weighted by atomic mass is 9.97. The fourth-order valence-electron chi connectivity index (χ4n) is 2.84. The van der Waals surface area contributed by atoms with Gasteiger partial charge < -0.3 is 10.2 Å². The van der Waals surface area contributed by atoms with Crippen molar-refractivity contribution in [1.29, 1.82) is 0 Å². The van der Waals surface area contributed by atoms with Crippen molar-refractivity contribution in [3.63, 3.8) is 0 Å². The Morgan fingerprint density at radius 1 is 1.27 bits per heavy atom. The standard InChI is InChI=1S/C18H17ClN2O/c1-2-18(22)20-15-10-13-6-3-4-9-17(13)21(12-15)16-8-5-7-14(19)11-16/h2-9,11,15H,1,10,12H2,(H,20,22). The Balaban J connectivity index is 1.97. The number of halogens is 1. The zero-order chi connectivity index (χ0) is 15.5. The second-order valence-electron chi connectivity index (χ2n) is 5.33. The molecule has 0 saturated carbocycles. The third-order valence-electron chi connectivity index (χ3n) is 3.80. The van der Waals surface area contributed by atoms with Gasteiger partial charge in [-0.2, -0.15) is 0 Å². The van der Waals surface area contributed by atoms with Crippen LogP contribution < -0.4 is 10.2 Å². The van der Waals surface area contributed by atoms with Crippen LogP contribution in [0.15, 0.2) is 61.2 Å². The molecule has 1 atom stereocenters. The van der Waals surface area contributed by atoms with E-state index in [1.165, 1.54) is 11.6 Å². The average molecular weight is 313 g/mol. The summed E-state index contributed by atoms with van der Waals surface area (Å²) in [5.41, 5.74) is 3.40. The highest BCUT2D eigenvalue weighted by molar-refractivity contribution is 6.30. The van der Waals surface area contributed by atoms with Gasteiger partial charge in [-0.3, -0.25) is 4.79 Å². The van der Waals surface area contributed by atoms with E-state index in [-0.39, 0.29) is 11.9 Å². The molecule has 0 saturated heterocycles. The summed E-state index contributed by atoms with van der Waals surface area (Å²) < 4.78 is 0. The van der Waals surface area contributed by atoms with E-state index in [4.69, 9.17) is 11.6 Å². The normalized spacial score (nSPS) is 16.8. The lowest BCUT2D eigenvalue weighted by Gasteiger charge is -2.36. The molecule has 1 aliphatic rings. The number of amides is 1. The van der Waals surface area contributed by atoms with Crippen LogP contribution in [-0.2, 0) is 11.2 Å². The molecule has 112 valence electrons. The summed E-state index contributed by atoms with van der Waals surface area (Å²) in [6.07, 6.45) is 2.12. The van der Waals surface area contributed by atoms with E-state index in [0.29, 0.717) is 11.6 Å². The molecule has 3 nitrogen and oxygen atoms in total. The Kier molecular flexibility index (Phi) is 4.16. The first-order chi connectivity index (χ1) is 10.7. The minimum absolute atomic E-state index is 0.0411. The molecule has 3 rings (SSSR count). The van der Waals surface area contributed by atoms with Crippen molar-refractivity contribution in [1.82, 2.24) is 5.32 Å². The molecule has 0 aromatic heterocycles. The van der Waals surface area contributed by atoms with Crippen molar-refractivity contribution in [2.24, 2.45) is 0 Å². The quantitative estimate of drug-likeness (QED) is 0.876. The highest BCUT2D eigenvalue weighted by Crippen LogP contribution is 2.34. The monoisotopic (exact) mass is 312 g/mol. The number of para-hydroxylation sites is 1. The van der Waals surface area contributed by atoms with Crippen LogP contribution in [0.2, 0.25) is 5.02 Å². The highest BCUT2D eigenvalue weighted by atomic mass is 35.5. The lowest BCUT2D eigenvalue weighted by Crippen LogP contribution is -2.46. The maximum Gasteiger partial charge on any atom is 0.243 e. The predicted molar refractivity (Wildman–Crippen MR) is 90.7 cm³/mol. The second-order valence-corrected chi connectivity index (χ2v) is 5.77. The summed E-state index contributed by atoms with van der Waals surface area (Å²) in [7, 11) is 0. The number of benzene rings is 2. The smallest absolute Gasteiger partial charge is 0.243 e. The van der Waals surface area contributed by atoms with Gasteiger partial charge in [-0.25, -0.2) is 0 Å². The first-order valence-corrected chi connectivity index (χ1v) is 7.59. The van der Waals surface area contributed by atoms with Crippen molar-refractivity contribution in [2.45, 2.75) is 12.5 Å². The van der Waals surface area contributed by atoms with E-state index in [9.17, 15) is 4.79 Å². The molecule has 1 heterocycles. The Bertz CT molecular complexity index is 714. The first-order valence-electron chi connectivity index (χ1n) is 7.21. The number of nitrogens with zero attached hydrogens (tertiary/aromatic N) is 1. The Morgan fingerprint density at radius 3 is 2.86 bits per heavy atom. The highest BCUT2D eigenvalue weighted by Gasteiger charge is 2.25. The summed E-state index contributed by atoms with van der Waals surface area (Å²) >= 11 is 6.12. The molecule has 22 heavy (non-hydrogen) atoms. The van der Waals surface area contributed by atoms with Crippen LogP contribution in [0.25, 0.3) is 0 Å². The molecule has 0 radical (unpaired) electrons. The van der Waals surface area contributed by atoms with Gasteiger partial charge in [0.2, 0.25) is 5.91 Å². The maximum atomic E-state index is 11.6. The molecule has 4 heteroatoms. The van der Waals surface area contributed by atoms with Crippen molar-refractivity contribution in [2.75, 3.05) is 11.4 Å². The van der Waals surface area contributed by atoms with E-state index in [1.807, 2.05) is 36.4 Å². The van der Waals surface area contributed by atoms with Gasteiger partial charge in [0.15, 0.2) is 0 Å². The molecule has 1 amide bonds. The fourth-order valence-corrected chi connectivity index (χ4v) is 3.03. The summed E-state index contributed by atoms with van der Waals surface area (Å²) in [6.45, 7) is 4.22. The van der Waals surface area contributed by atoms with Gasteiger partial charge in [-0.05, 0) is 42.3 Å². The third-order valence-corrected chi connectivity index (χ3v) is 4.04.